The number of nitrogens with one attached hydrogen (secondary N) is 2. The third kappa shape index (κ3) is 5.36. The molecule has 0 heterocycles. The van der Waals surface area contributed by atoms with Gasteiger partial charge in [0.1, 0.15) is 0 Å². The normalized spacial score (nSPS) is 13.2. The summed E-state index contributed by atoms with van der Waals surface area (Å²) in [7, 11) is 0. The fourth-order valence-electron chi connectivity index (χ4n) is 1.87. The lowest BCUT2D eigenvalue weighted by Crippen LogP contribution is -2.25. The highest BCUT2D eigenvalue weighted by Crippen LogP contribution is 2.21. The second-order valence-corrected chi connectivity index (χ2v) is 5.22. The van der Waals surface area contributed by atoms with Gasteiger partial charge in [-0.3, -0.25) is 9.59 Å². The third-order valence-corrected chi connectivity index (χ3v) is 3.29. The number of hydrogen-bond acceptors (Lipinski definition) is 3. The van der Waals surface area contributed by atoms with E-state index in [1.54, 1.807) is 12.1 Å². The van der Waals surface area contributed by atoms with Gasteiger partial charge in [-0.15, -0.1) is 12.4 Å². The summed E-state index contributed by atoms with van der Waals surface area (Å²) in [6.45, 7) is 2.40. The second-order valence-electron chi connectivity index (χ2n) is 5.22. The molecule has 0 bridgehead atoms. The van der Waals surface area contributed by atoms with Crippen molar-refractivity contribution < 1.29 is 9.59 Å². The Morgan fingerprint density at radius 1 is 1.33 bits per heavy atom. The van der Waals surface area contributed by atoms with Gasteiger partial charge in [0.15, 0.2) is 0 Å². The first-order valence-electron chi connectivity index (χ1n) is 7.01. The molecule has 0 saturated heterocycles. The van der Waals surface area contributed by atoms with Gasteiger partial charge in [0.05, 0.1) is 0 Å². The van der Waals surface area contributed by atoms with Gasteiger partial charge >= 0.3 is 0 Å². The molecule has 0 unspecified atom stereocenters. The van der Waals surface area contributed by atoms with E-state index in [1.807, 2.05) is 13.0 Å². The highest BCUT2D eigenvalue weighted by molar-refractivity contribution is 5.98. The van der Waals surface area contributed by atoms with Crippen LogP contribution >= 0.6 is 12.4 Å². The monoisotopic (exact) mass is 311 g/mol. The van der Waals surface area contributed by atoms with Crippen molar-refractivity contribution in [2.45, 2.75) is 38.6 Å². The number of aryl methyl sites for hydroxylation is 1. The molecule has 1 aromatic carbocycles. The van der Waals surface area contributed by atoms with Crippen molar-refractivity contribution in [1.82, 2.24) is 5.32 Å². The number of benzene rings is 1. The van der Waals surface area contributed by atoms with E-state index in [1.165, 1.54) is 0 Å². The molecule has 0 spiro atoms. The standard InChI is InChI=1S/C15H21N3O2.ClH/c1-10-4-5-11(15(20)17-12-6-7-12)9-13(10)18-14(19)3-2-8-16;/h4-5,9,12H,2-3,6-8,16H2,1H3,(H,17,20)(H,18,19);1H. The van der Waals surface area contributed by atoms with E-state index in [-0.39, 0.29) is 24.2 Å². The van der Waals surface area contributed by atoms with E-state index >= 15 is 0 Å². The minimum absolute atomic E-state index is 0. The number of halogens is 1. The van der Waals surface area contributed by atoms with Crippen LogP contribution in [0.2, 0.25) is 0 Å². The van der Waals surface area contributed by atoms with Crippen molar-refractivity contribution in [3.63, 3.8) is 0 Å². The van der Waals surface area contributed by atoms with Gasteiger partial charge in [0, 0.05) is 23.7 Å². The van der Waals surface area contributed by atoms with Crippen molar-refractivity contribution in [2.24, 2.45) is 5.73 Å². The molecule has 116 valence electrons. The second kappa shape index (κ2) is 8.00. The highest BCUT2D eigenvalue weighted by atomic mass is 35.5. The number of rotatable bonds is 6. The minimum Gasteiger partial charge on any atom is -0.349 e. The first kappa shape index (κ1) is 17.5. The molecule has 1 saturated carbocycles. The molecule has 1 aliphatic rings. The molecule has 21 heavy (non-hydrogen) atoms. The summed E-state index contributed by atoms with van der Waals surface area (Å²) >= 11 is 0. The van der Waals surface area contributed by atoms with Gasteiger partial charge in [0.2, 0.25) is 5.91 Å². The molecule has 0 radical (unpaired) electrons. The molecule has 2 amide bonds. The number of anilines is 1. The average Bonchev–Trinajstić information content (AvgIpc) is 3.22. The lowest BCUT2D eigenvalue weighted by Gasteiger charge is -2.10. The maximum atomic E-state index is 12.0. The van der Waals surface area contributed by atoms with E-state index < -0.39 is 0 Å². The first-order valence-corrected chi connectivity index (χ1v) is 7.01. The Kier molecular flexibility index (Phi) is 6.65. The molecule has 5 nitrogen and oxygen atoms in total. The van der Waals surface area contributed by atoms with Crippen LogP contribution in [0.5, 0.6) is 0 Å². The Balaban J connectivity index is 0.00000220. The topological polar surface area (TPSA) is 84.2 Å². The zero-order chi connectivity index (χ0) is 14.5. The molecule has 6 heteroatoms. The molecule has 0 atom stereocenters. The number of nitrogens with two attached hydrogens (primary N) is 1. The molecular formula is C15H22ClN3O2. The quantitative estimate of drug-likeness (QED) is 0.751. The van der Waals surface area contributed by atoms with E-state index in [4.69, 9.17) is 5.73 Å². The van der Waals surface area contributed by atoms with Crippen LogP contribution < -0.4 is 16.4 Å². The largest absolute Gasteiger partial charge is 0.349 e. The predicted octanol–water partition coefficient (Wildman–Crippen LogP) is 1.99. The lowest BCUT2D eigenvalue weighted by molar-refractivity contribution is -0.116. The fraction of sp³-hybridized carbons (Fsp3) is 0.467. The smallest absolute Gasteiger partial charge is 0.251 e. The Morgan fingerprint density at radius 2 is 2.05 bits per heavy atom. The molecule has 4 N–H and O–H groups in total. The SMILES string of the molecule is Cc1ccc(C(=O)NC2CC2)cc1NC(=O)CCCN.Cl. The van der Waals surface area contributed by atoms with E-state index in [0.29, 0.717) is 36.7 Å². The summed E-state index contributed by atoms with van der Waals surface area (Å²) in [6.07, 6.45) is 3.17. The van der Waals surface area contributed by atoms with E-state index in [0.717, 1.165) is 18.4 Å². The predicted molar refractivity (Wildman–Crippen MR) is 85.8 cm³/mol. The van der Waals surface area contributed by atoms with Crippen molar-refractivity contribution in [1.29, 1.82) is 0 Å². The minimum atomic E-state index is -0.0787. The number of carbonyl (C=O) groups is 2. The zero-order valence-corrected chi connectivity index (χ0v) is 13.0. The molecule has 0 aromatic heterocycles. The molecule has 1 fully saturated rings. The highest BCUT2D eigenvalue weighted by Gasteiger charge is 2.24. The number of amides is 2. The van der Waals surface area contributed by atoms with Crippen LogP contribution in [-0.2, 0) is 4.79 Å². The molecule has 0 aliphatic heterocycles. The van der Waals surface area contributed by atoms with Crippen LogP contribution in [-0.4, -0.2) is 24.4 Å². The summed E-state index contributed by atoms with van der Waals surface area (Å²) < 4.78 is 0. The number of carbonyl (C=O) groups excluding carboxylic acids is 2. The van der Waals surface area contributed by atoms with Crippen LogP contribution in [0.25, 0.3) is 0 Å². The third-order valence-electron chi connectivity index (χ3n) is 3.29. The molecule has 1 aliphatic carbocycles. The van der Waals surface area contributed by atoms with Gasteiger partial charge in [0.25, 0.3) is 5.91 Å². The summed E-state index contributed by atoms with van der Waals surface area (Å²) in [5, 5.41) is 5.77. The summed E-state index contributed by atoms with van der Waals surface area (Å²) in [5.74, 6) is -0.150. The van der Waals surface area contributed by atoms with Crippen molar-refractivity contribution in [2.75, 3.05) is 11.9 Å². The summed E-state index contributed by atoms with van der Waals surface area (Å²) in [5.41, 5.74) is 7.59. The van der Waals surface area contributed by atoms with E-state index in [9.17, 15) is 9.59 Å². The van der Waals surface area contributed by atoms with Crippen molar-refractivity contribution in [3.8, 4) is 0 Å². The van der Waals surface area contributed by atoms with Crippen LogP contribution in [0.3, 0.4) is 0 Å². The van der Waals surface area contributed by atoms with Crippen molar-refractivity contribution in [3.05, 3.63) is 29.3 Å². The van der Waals surface area contributed by atoms with Gasteiger partial charge in [-0.1, -0.05) is 6.07 Å². The molecule has 1 aromatic rings. The van der Waals surface area contributed by atoms with Crippen LogP contribution in [0, 0.1) is 6.92 Å². The Bertz CT molecular complexity index is 516. The molecular weight excluding hydrogens is 290 g/mol. The Hall–Kier alpha value is -1.59. The number of hydrogen-bond donors (Lipinski definition) is 3. The lowest BCUT2D eigenvalue weighted by atomic mass is 10.1. The summed E-state index contributed by atoms with van der Waals surface area (Å²) in [4.78, 5) is 23.7. The zero-order valence-electron chi connectivity index (χ0n) is 12.1. The first-order chi connectivity index (χ1) is 9.60. The van der Waals surface area contributed by atoms with Gasteiger partial charge in [-0.25, -0.2) is 0 Å². The molecule has 2 rings (SSSR count). The maximum absolute atomic E-state index is 12.0. The van der Waals surface area contributed by atoms with Crippen LogP contribution in [0.15, 0.2) is 18.2 Å². The maximum Gasteiger partial charge on any atom is 0.251 e. The van der Waals surface area contributed by atoms with Crippen LogP contribution in [0.4, 0.5) is 5.69 Å². The van der Waals surface area contributed by atoms with Gasteiger partial charge < -0.3 is 16.4 Å². The average molecular weight is 312 g/mol. The summed E-state index contributed by atoms with van der Waals surface area (Å²) in [6, 6.07) is 5.68. The van der Waals surface area contributed by atoms with Crippen molar-refractivity contribution >= 4 is 29.9 Å². The Morgan fingerprint density at radius 3 is 2.67 bits per heavy atom. The van der Waals surface area contributed by atoms with Gasteiger partial charge in [-0.2, -0.15) is 0 Å². The fourth-order valence-corrected chi connectivity index (χ4v) is 1.87. The van der Waals surface area contributed by atoms with Gasteiger partial charge in [-0.05, 0) is 50.4 Å². The van der Waals surface area contributed by atoms with E-state index in [2.05, 4.69) is 10.6 Å². The van der Waals surface area contributed by atoms with Crippen LogP contribution in [0.1, 0.15) is 41.6 Å². The Labute approximate surface area is 131 Å².